The molecule has 1 aromatic rings. The summed E-state index contributed by atoms with van der Waals surface area (Å²) in [5.74, 6) is 0.622. The Balaban J connectivity index is 1.93. The molecule has 1 saturated carbocycles. The lowest BCUT2D eigenvalue weighted by atomic mass is 10.0. The fourth-order valence-corrected chi connectivity index (χ4v) is 2.81. The lowest BCUT2D eigenvalue weighted by Crippen LogP contribution is -2.27. The Bertz CT molecular complexity index is 447. The van der Waals surface area contributed by atoms with Crippen LogP contribution < -0.4 is 10.1 Å². The molecule has 2 aliphatic rings. The number of nitrogens with one attached hydrogen (secondary N) is 1. The third kappa shape index (κ3) is 2.72. The molecular formula is C14H22N4O. The zero-order chi connectivity index (χ0) is 13.2. The average molecular weight is 262 g/mol. The van der Waals surface area contributed by atoms with Crippen molar-refractivity contribution in [3.05, 3.63) is 17.5 Å². The van der Waals surface area contributed by atoms with Crippen LogP contribution in [-0.4, -0.2) is 48.7 Å². The molecule has 1 aromatic heterocycles. The number of hydrogen-bond acceptors (Lipinski definition) is 5. The number of hydrogen-bond donors (Lipinski definition) is 1. The lowest BCUT2D eigenvalue weighted by Gasteiger charge is -2.27. The maximum Gasteiger partial charge on any atom is 0.316 e. The normalized spacial score (nSPS) is 25.1. The van der Waals surface area contributed by atoms with Crippen molar-refractivity contribution in [2.75, 3.05) is 33.8 Å². The molecule has 0 spiro atoms. The monoisotopic (exact) mass is 262 g/mol. The van der Waals surface area contributed by atoms with E-state index in [-0.39, 0.29) is 0 Å². The van der Waals surface area contributed by atoms with Gasteiger partial charge in [0.15, 0.2) is 0 Å². The standard InChI is InChI=1S/C14H22N4O/c1-18-8-7-15-6-5-12(18)11-9-16-14(19-2)17-13(11)10-3-4-10/h9-10,12,15H,3-8H2,1-2H3. The minimum Gasteiger partial charge on any atom is -0.467 e. The molecular weight excluding hydrogens is 240 g/mol. The fourth-order valence-electron chi connectivity index (χ4n) is 2.81. The molecule has 19 heavy (non-hydrogen) atoms. The summed E-state index contributed by atoms with van der Waals surface area (Å²) in [6.45, 7) is 3.19. The topological polar surface area (TPSA) is 50.3 Å². The number of rotatable bonds is 3. The Hall–Kier alpha value is -1.20. The second-order valence-electron chi connectivity index (χ2n) is 5.51. The van der Waals surface area contributed by atoms with Gasteiger partial charge in [-0.05, 0) is 32.9 Å². The summed E-state index contributed by atoms with van der Waals surface area (Å²) in [5, 5.41) is 3.46. The first kappa shape index (κ1) is 12.8. The minimum atomic E-state index is 0.427. The Morgan fingerprint density at radius 1 is 1.32 bits per heavy atom. The van der Waals surface area contributed by atoms with E-state index in [1.807, 2.05) is 6.20 Å². The first-order valence-corrected chi connectivity index (χ1v) is 7.11. The lowest BCUT2D eigenvalue weighted by molar-refractivity contribution is 0.255. The average Bonchev–Trinajstić information content (AvgIpc) is 3.26. The van der Waals surface area contributed by atoms with Gasteiger partial charge < -0.3 is 10.1 Å². The molecule has 0 bridgehead atoms. The van der Waals surface area contributed by atoms with Crippen molar-refractivity contribution in [2.45, 2.75) is 31.2 Å². The van der Waals surface area contributed by atoms with Gasteiger partial charge in [-0.15, -0.1) is 0 Å². The SMILES string of the molecule is COc1ncc(C2CCNCCN2C)c(C2CC2)n1. The highest BCUT2D eigenvalue weighted by molar-refractivity contribution is 5.29. The van der Waals surface area contributed by atoms with Crippen LogP contribution in [0.5, 0.6) is 6.01 Å². The maximum absolute atomic E-state index is 5.18. The summed E-state index contributed by atoms with van der Waals surface area (Å²) in [7, 11) is 3.83. The van der Waals surface area contributed by atoms with Crippen LogP contribution in [0.2, 0.25) is 0 Å². The van der Waals surface area contributed by atoms with Crippen LogP contribution in [0.3, 0.4) is 0 Å². The molecule has 0 aromatic carbocycles. The first-order chi connectivity index (χ1) is 9.29. The Kier molecular flexibility index (Phi) is 3.66. The maximum atomic E-state index is 5.18. The quantitative estimate of drug-likeness (QED) is 0.890. The second-order valence-corrected chi connectivity index (χ2v) is 5.51. The highest BCUT2D eigenvalue weighted by Gasteiger charge is 2.32. The predicted molar refractivity (Wildman–Crippen MR) is 73.4 cm³/mol. The van der Waals surface area contributed by atoms with E-state index in [0.717, 1.165) is 26.1 Å². The molecule has 0 radical (unpaired) electrons. The van der Waals surface area contributed by atoms with Crippen LogP contribution >= 0.6 is 0 Å². The van der Waals surface area contributed by atoms with Gasteiger partial charge in [0, 0.05) is 36.8 Å². The van der Waals surface area contributed by atoms with Gasteiger partial charge in [-0.2, -0.15) is 4.98 Å². The van der Waals surface area contributed by atoms with Gasteiger partial charge in [0.05, 0.1) is 12.8 Å². The van der Waals surface area contributed by atoms with Crippen molar-refractivity contribution in [3.63, 3.8) is 0 Å². The van der Waals surface area contributed by atoms with Crippen LogP contribution in [0.1, 0.15) is 42.5 Å². The molecule has 1 saturated heterocycles. The molecule has 2 heterocycles. The van der Waals surface area contributed by atoms with E-state index < -0.39 is 0 Å². The Morgan fingerprint density at radius 3 is 2.89 bits per heavy atom. The summed E-state index contributed by atoms with van der Waals surface area (Å²) in [6.07, 6.45) is 5.60. The molecule has 3 rings (SSSR count). The van der Waals surface area contributed by atoms with Crippen LogP contribution in [0.15, 0.2) is 6.20 Å². The smallest absolute Gasteiger partial charge is 0.316 e. The van der Waals surface area contributed by atoms with Crippen molar-refractivity contribution in [1.82, 2.24) is 20.2 Å². The third-order valence-corrected chi connectivity index (χ3v) is 4.10. The molecule has 1 aliphatic heterocycles. The van der Waals surface area contributed by atoms with Crippen molar-refractivity contribution >= 4 is 0 Å². The molecule has 0 amide bonds. The summed E-state index contributed by atoms with van der Waals surface area (Å²) >= 11 is 0. The van der Waals surface area contributed by atoms with Gasteiger partial charge in [-0.25, -0.2) is 4.98 Å². The van der Waals surface area contributed by atoms with Gasteiger partial charge in [-0.3, -0.25) is 4.90 Å². The summed E-state index contributed by atoms with van der Waals surface area (Å²) in [4.78, 5) is 11.4. The van der Waals surface area contributed by atoms with E-state index in [4.69, 9.17) is 4.74 Å². The third-order valence-electron chi connectivity index (χ3n) is 4.10. The summed E-state index contributed by atoms with van der Waals surface area (Å²) in [5.41, 5.74) is 2.51. The zero-order valence-electron chi connectivity index (χ0n) is 11.7. The second kappa shape index (κ2) is 5.43. The number of nitrogens with zero attached hydrogens (tertiary/aromatic N) is 3. The van der Waals surface area contributed by atoms with Crippen LogP contribution in [0.4, 0.5) is 0 Å². The van der Waals surface area contributed by atoms with Crippen molar-refractivity contribution in [3.8, 4) is 6.01 Å². The molecule has 1 N–H and O–H groups in total. The largest absolute Gasteiger partial charge is 0.467 e. The summed E-state index contributed by atoms with van der Waals surface area (Å²) in [6, 6.07) is 0.927. The number of likely N-dealkylation sites (N-methyl/N-ethyl adjacent to an activating group) is 1. The molecule has 1 aliphatic carbocycles. The molecule has 1 atom stereocenters. The van der Waals surface area contributed by atoms with Gasteiger partial charge in [-0.1, -0.05) is 0 Å². The highest BCUT2D eigenvalue weighted by Crippen LogP contribution is 2.43. The van der Waals surface area contributed by atoms with Crippen LogP contribution in [0, 0.1) is 0 Å². The van der Waals surface area contributed by atoms with Crippen molar-refractivity contribution < 1.29 is 4.74 Å². The first-order valence-electron chi connectivity index (χ1n) is 7.11. The van der Waals surface area contributed by atoms with E-state index in [1.54, 1.807) is 7.11 Å². The van der Waals surface area contributed by atoms with Crippen LogP contribution in [0.25, 0.3) is 0 Å². The number of ether oxygens (including phenoxy) is 1. The molecule has 104 valence electrons. The van der Waals surface area contributed by atoms with Gasteiger partial charge in [0.1, 0.15) is 0 Å². The van der Waals surface area contributed by atoms with Crippen molar-refractivity contribution in [1.29, 1.82) is 0 Å². The van der Waals surface area contributed by atoms with E-state index in [0.29, 0.717) is 18.0 Å². The Morgan fingerprint density at radius 2 is 2.16 bits per heavy atom. The van der Waals surface area contributed by atoms with Gasteiger partial charge in [0.25, 0.3) is 0 Å². The van der Waals surface area contributed by atoms with E-state index in [9.17, 15) is 0 Å². The molecule has 2 fully saturated rings. The predicted octanol–water partition coefficient (Wildman–Crippen LogP) is 1.33. The van der Waals surface area contributed by atoms with E-state index in [2.05, 4.69) is 27.2 Å². The molecule has 5 nitrogen and oxygen atoms in total. The van der Waals surface area contributed by atoms with E-state index >= 15 is 0 Å². The zero-order valence-corrected chi connectivity index (χ0v) is 11.7. The fraction of sp³-hybridized carbons (Fsp3) is 0.714. The molecule has 5 heteroatoms. The van der Waals surface area contributed by atoms with Gasteiger partial charge in [0.2, 0.25) is 0 Å². The van der Waals surface area contributed by atoms with Crippen LogP contribution in [-0.2, 0) is 0 Å². The Labute approximate surface area is 114 Å². The number of aromatic nitrogens is 2. The van der Waals surface area contributed by atoms with Gasteiger partial charge >= 0.3 is 6.01 Å². The summed E-state index contributed by atoms with van der Waals surface area (Å²) < 4.78 is 5.18. The number of methoxy groups -OCH3 is 1. The van der Waals surface area contributed by atoms with E-state index in [1.165, 1.54) is 24.1 Å². The molecule has 1 unspecified atom stereocenters. The van der Waals surface area contributed by atoms with Crippen molar-refractivity contribution in [2.24, 2.45) is 0 Å². The minimum absolute atomic E-state index is 0.427. The highest BCUT2D eigenvalue weighted by atomic mass is 16.5.